The minimum atomic E-state index is -4.64. The van der Waals surface area contributed by atoms with Crippen molar-refractivity contribution in [2.75, 3.05) is 0 Å². The molecule has 0 aromatic carbocycles. The Hall–Kier alpha value is 0.310. The summed E-state index contributed by atoms with van der Waals surface area (Å²) >= 11 is 1.28. The minimum absolute atomic E-state index is 0.571. The van der Waals surface area contributed by atoms with Crippen molar-refractivity contribution in [2.24, 2.45) is 0 Å². The summed E-state index contributed by atoms with van der Waals surface area (Å²) < 4.78 is 70.5. The second kappa shape index (κ2) is 6.02. The largest absolute Gasteiger partial charge is 0.391 e. The summed E-state index contributed by atoms with van der Waals surface area (Å²) in [5.41, 5.74) is 0. The van der Waals surface area contributed by atoms with Crippen molar-refractivity contribution in [1.29, 1.82) is 0 Å². The molecular formula is C7H9F6I. The SMILES string of the molecule is FC(I)CC(F)CC(F)CC(F)(F)F. The molecule has 0 saturated heterocycles. The monoisotopic (exact) mass is 334 g/mol. The molecule has 0 radical (unpaired) electrons. The van der Waals surface area contributed by atoms with Gasteiger partial charge in [0.25, 0.3) is 0 Å². The summed E-state index contributed by atoms with van der Waals surface area (Å²) in [6, 6.07) is 0. The molecule has 7 heteroatoms. The Bertz CT molecular complexity index is 157. The van der Waals surface area contributed by atoms with Crippen LogP contribution in [-0.4, -0.2) is 22.7 Å². The molecule has 0 aliphatic rings. The number of hydrogen-bond acceptors (Lipinski definition) is 0. The molecule has 0 aliphatic heterocycles. The molecule has 0 amide bonds. The summed E-state index contributed by atoms with van der Waals surface area (Å²) in [5.74, 6) is 0. The number of rotatable bonds is 5. The lowest BCUT2D eigenvalue weighted by Crippen LogP contribution is -2.20. The minimum Gasteiger partial charge on any atom is -0.247 e. The molecule has 0 fully saturated rings. The highest BCUT2D eigenvalue weighted by atomic mass is 127. The molecule has 0 aromatic rings. The van der Waals surface area contributed by atoms with Crippen LogP contribution in [0, 0.1) is 0 Å². The van der Waals surface area contributed by atoms with E-state index in [1.54, 1.807) is 0 Å². The lowest BCUT2D eigenvalue weighted by atomic mass is 10.1. The van der Waals surface area contributed by atoms with E-state index in [0.29, 0.717) is 0 Å². The molecule has 0 rings (SSSR count). The third kappa shape index (κ3) is 8.89. The van der Waals surface area contributed by atoms with E-state index in [9.17, 15) is 26.3 Å². The van der Waals surface area contributed by atoms with Crippen molar-refractivity contribution in [1.82, 2.24) is 0 Å². The molecule has 0 bridgehead atoms. The first-order chi connectivity index (χ1) is 6.20. The second-order valence-corrected chi connectivity index (χ2v) is 4.23. The third-order valence-corrected chi connectivity index (χ3v) is 1.91. The fourth-order valence-electron chi connectivity index (χ4n) is 0.902. The highest BCUT2D eigenvalue weighted by Crippen LogP contribution is 2.27. The first-order valence-corrected chi connectivity index (χ1v) is 5.08. The number of hydrogen-bond donors (Lipinski definition) is 0. The van der Waals surface area contributed by atoms with Crippen molar-refractivity contribution < 1.29 is 26.3 Å². The molecule has 0 spiro atoms. The predicted molar refractivity (Wildman–Crippen MR) is 48.6 cm³/mol. The van der Waals surface area contributed by atoms with Crippen LogP contribution in [0.25, 0.3) is 0 Å². The van der Waals surface area contributed by atoms with Crippen LogP contribution in [0.5, 0.6) is 0 Å². The van der Waals surface area contributed by atoms with Crippen LogP contribution in [0.3, 0.4) is 0 Å². The van der Waals surface area contributed by atoms with Gasteiger partial charge in [0.05, 0.1) is 6.42 Å². The van der Waals surface area contributed by atoms with E-state index in [2.05, 4.69) is 0 Å². The van der Waals surface area contributed by atoms with E-state index >= 15 is 0 Å². The lowest BCUT2D eigenvalue weighted by molar-refractivity contribution is -0.147. The third-order valence-electron chi connectivity index (χ3n) is 1.40. The van der Waals surface area contributed by atoms with Crippen LogP contribution in [0.15, 0.2) is 0 Å². The first kappa shape index (κ1) is 14.3. The van der Waals surface area contributed by atoms with Crippen LogP contribution in [0.2, 0.25) is 0 Å². The van der Waals surface area contributed by atoms with E-state index in [0.717, 1.165) is 0 Å². The van der Waals surface area contributed by atoms with E-state index < -0.39 is 42.0 Å². The summed E-state index contributed by atoms with van der Waals surface area (Å²) in [6.45, 7) is 0. The Kier molecular flexibility index (Phi) is 6.15. The van der Waals surface area contributed by atoms with Gasteiger partial charge in [-0.3, -0.25) is 0 Å². The summed E-state index contributed by atoms with van der Waals surface area (Å²) in [5, 5.41) is 0. The fraction of sp³-hybridized carbons (Fsp3) is 1.00. The van der Waals surface area contributed by atoms with Gasteiger partial charge in [-0.2, -0.15) is 13.2 Å². The Morgan fingerprint density at radius 1 is 0.929 bits per heavy atom. The van der Waals surface area contributed by atoms with Crippen molar-refractivity contribution in [3.05, 3.63) is 0 Å². The van der Waals surface area contributed by atoms with Gasteiger partial charge in [-0.05, 0) is 22.6 Å². The van der Waals surface area contributed by atoms with Crippen LogP contribution < -0.4 is 0 Å². The molecular weight excluding hydrogens is 325 g/mol. The highest BCUT2D eigenvalue weighted by Gasteiger charge is 2.33. The number of halogens is 7. The van der Waals surface area contributed by atoms with Gasteiger partial charge in [0.2, 0.25) is 0 Å². The van der Waals surface area contributed by atoms with E-state index in [1.165, 1.54) is 22.6 Å². The molecule has 3 atom stereocenters. The van der Waals surface area contributed by atoms with Crippen molar-refractivity contribution >= 4 is 22.6 Å². The van der Waals surface area contributed by atoms with Crippen molar-refractivity contribution in [2.45, 2.75) is 42.0 Å². The topological polar surface area (TPSA) is 0 Å². The average molecular weight is 334 g/mol. The van der Waals surface area contributed by atoms with Gasteiger partial charge in [-0.25, -0.2) is 13.2 Å². The Morgan fingerprint density at radius 3 is 1.79 bits per heavy atom. The molecule has 0 N–H and O–H groups in total. The maximum absolute atomic E-state index is 12.6. The lowest BCUT2D eigenvalue weighted by Gasteiger charge is -2.13. The number of alkyl halides is 7. The first-order valence-electron chi connectivity index (χ1n) is 3.83. The smallest absolute Gasteiger partial charge is 0.247 e. The van der Waals surface area contributed by atoms with Gasteiger partial charge in [0, 0.05) is 12.8 Å². The fourth-order valence-corrected chi connectivity index (χ4v) is 1.45. The van der Waals surface area contributed by atoms with Gasteiger partial charge < -0.3 is 0 Å². The van der Waals surface area contributed by atoms with Gasteiger partial charge in [0.1, 0.15) is 12.3 Å². The Balaban J connectivity index is 3.76. The molecule has 0 saturated carbocycles. The zero-order valence-electron chi connectivity index (χ0n) is 7.00. The van der Waals surface area contributed by atoms with Gasteiger partial charge in [-0.15, -0.1) is 0 Å². The highest BCUT2D eigenvalue weighted by molar-refractivity contribution is 14.1. The molecule has 0 aromatic heterocycles. The van der Waals surface area contributed by atoms with E-state index in [4.69, 9.17) is 0 Å². The van der Waals surface area contributed by atoms with Crippen LogP contribution in [-0.2, 0) is 0 Å². The summed E-state index contributed by atoms with van der Waals surface area (Å²) in [6.07, 6.45) is -11.9. The Labute approximate surface area is 91.2 Å². The van der Waals surface area contributed by atoms with E-state index in [1.807, 2.05) is 0 Å². The van der Waals surface area contributed by atoms with Gasteiger partial charge in [0.15, 0.2) is 4.18 Å². The molecule has 86 valence electrons. The normalized spacial score (nSPS) is 19.1. The predicted octanol–water partition coefficient (Wildman–Crippen LogP) is 4.13. The zero-order valence-corrected chi connectivity index (χ0v) is 9.16. The van der Waals surface area contributed by atoms with E-state index in [-0.39, 0.29) is 0 Å². The molecule has 0 heterocycles. The average Bonchev–Trinajstić information content (AvgIpc) is 1.77. The van der Waals surface area contributed by atoms with Gasteiger partial charge >= 0.3 is 6.18 Å². The maximum atomic E-state index is 12.6. The zero-order chi connectivity index (χ0) is 11.4. The van der Waals surface area contributed by atoms with Crippen LogP contribution >= 0.6 is 22.6 Å². The van der Waals surface area contributed by atoms with Crippen molar-refractivity contribution in [3.63, 3.8) is 0 Å². The molecule has 0 nitrogen and oxygen atoms in total. The standard InChI is InChI=1S/C7H9F6I/c8-4(2-6(10)14)1-5(9)3-7(11,12)13/h4-6H,1-3H2. The molecule has 3 unspecified atom stereocenters. The summed E-state index contributed by atoms with van der Waals surface area (Å²) in [7, 11) is 0. The second-order valence-electron chi connectivity index (χ2n) is 2.88. The molecule has 14 heavy (non-hydrogen) atoms. The quantitative estimate of drug-likeness (QED) is 0.403. The van der Waals surface area contributed by atoms with Crippen LogP contribution in [0.1, 0.15) is 19.3 Å². The summed E-state index contributed by atoms with van der Waals surface area (Å²) in [4.78, 5) is 0. The maximum Gasteiger partial charge on any atom is 0.391 e. The molecule has 0 aliphatic carbocycles. The Morgan fingerprint density at radius 2 is 1.43 bits per heavy atom. The van der Waals surface area contributed by atoms with Gasteiger partial charge in [-0.1, -0.05) is 0 Å². The van der Waals surface area contributed by atoms with Crippen molar-refractivity contribution in [3.8, 4) is 0 Å². The van der Waals surface area contributed by atoms with Crippen LogP contribution in [0.4, 0.5) is 26.3 Å².